The van der Waals surface area contributed by atoms with Gasteiger partial charge in [-0.3, -0.25) is 4.90 Å². The highest BCUT2D eigenvalue weighted by Gasteiger charge is 2.28. The van der Waals surface area contributed by atoms with Gasteiger partial charge < -0.3 is 15.4 Å². The molecule has 0 atom stereocenters. The van der Waals surface area contributed by atoms with Gasteiger partial charge in [-0.1, -0.05) is 12.1 Å². The molecule has 1 aliphatic heterocycles. The molecule has 2 aliphatic rings. The predicted molar refractivity (Wildman–Crippen MR) is 92.0 cm³/mol. The van der Waals surface area contributed by atoms with Crippen LogP contribution in [0.15, 0.2) is 24.3 Å². The first-order chi connectivity index (χ1) is 11.6. The van der Waals surface area contributed by atoms with E-state index in [4.69, 9.17) is 10.5 Å². The molecule has 0 bridgehead atoms. The van der Waals surface area contributed by atoms with E-state index < -0.39 is 13.0 Å². The fraction of sp³-hybridized carbons (Fsp3) is 0.667. The number of nitrogens with two attached hydrogens (primary N) is 1. The Kier molecular flexibility index (Phi) is 5.89. The summed E-state index contributed by atoms with van der Waals surface area (Å²) in [6, 6.07) is 8.51. The number of hydrogen-bond acceptors (Lipinski definition) is 4. The molecule has 1 saturated carbocycles. The van der Waals surface area contributed by atoms with Crippen LogP contribution in [-0.4, -0.2) is 56.2 Å². The molecule has 2 N–H and O–H groups in total. The highest BCUT2D eigenvalue weighted by atomic mass is 19.3. The van der Waals surface area contributed by atoms with Gasteiger partial charge in [-0.25, -0.2) is 8.78 Å². The first kappa shape index (κ1) is 17.4. The number of alkyl halides is 2. The number of para-hydroxylation sites is 2. The second-order valence-corrected chi connectivity index (χ2v) is 6.76. The largest absolute Gasteiger partial charge is 0.485 e. The lowest BCUT2D eigenvalue weighted by molar-refractivity contribution is 0.0819. The molecule has 6 heteroatoms. The van der Waals surface area contributed by atoms with Crippen LogP contribution >= 0.6 is 0 Å². The average Bonchev–Trinajstić information content (AvgIpc) is 2.61. The van der Waals surface area contributed by atoms with Crippen LogP contribution in [0.1, 0.15) is 25.7 Å². The molecule has 1 heterocycles. The minimum Gasteiger partial charge on any atom is -0.485 e. The molecule has 0 unspecified atom stereocenters. The van der Waals surface area contributed by atoms with Gasteiger partial charge in [0.2, 0.25) is 0 Å². The summed E-state index contributed by atoms with van der Waals surface area (Å²) in [5, 5.41) is 0. The number of piperazine rings is 1. The summed E-state index contributed by atoms with van der Waals surface area (Å²) in [5.74, 6) is 0.551. The van der Waals surface area contributed by atoms with Crippen LogP contribution in [0, 0.1) is 0 Å². The van der Waals surface area contributed by atoms with E-state index in [9.17, 15) is 8.78 Å². The van der Waals surface area contributed by atoms with E-state index in [0.717, 1.165) is 44.7 Å². The van der Waals surface area contributed by atoms with Crippen molar-refractivity contribution < 1.29 is 13.5 Å². The Hall–Kier alpha value is -1.40. The van der Waals surface area contributed by atoms with Crippen molar-refractivity contribution in [1.82, 2.24) is 4.90 Å². The van der Waals surface area contributed by atoms with Crippen molar-refractivity contribution in [3.8, 4) is 5.75 Å². The number of hydrogen-bond donors (Lipinski definition) is 1. The van der Waals surface area contributed by atoms with Crippen LogP contribution in [0.5, 0.6) is 5.75 Å². The summed E-state index contributed by atoms with van der Waals surface area (Å²) < 4.78 is 30.1. The Bertz CT molecular complexity index is 513. The molecule has 3 rings (SSSR count). The molecule has 0 radical (unpaired) electrons. The van der Waals surface area contributed by atoms with E-state index in [1.165, 1.54) is 12.8 Å². The maximum absolute atomic E-state index is 12.4. The van der Waals surface area contributed by atoms with Crippen LogP contribution in [0.2, 0.25) is 0 Å². The number of benzene rings is 1. The van der Waals surface area contributed by atoms with Gasteiger partial charge in [0.25, 0.3) is 6.43 Å². The lowest BCUT2D eigenvalue weighted by atomic mass is 9.90. The van der Waals surface area contributed by atoms with E-state index >= 15 is 0 Å². The summed E-state index contributed by atoms with van der Waals surface area (Å²) in [6.07, 6.45) is 2.17. The summed E-state index contributed by atoms with van der Waals surface area (Å²) in [6.45, 7) is 3.25. The Balaban J connectivity index is 1.56. The zero-order valence-electron chi connectivity index (χ0n) is 14.0. The van der Waals surface area contributed by atoms with Crippen molar-refractivity contribution in [2.75, 3.05) is 37.7 Å². The zero-order chi connectivity index (χ0) is 16.9. The third kappa shape index (κ3) is 4.36. The van der Waals surface area contributed by atoms with Crippen molar-refractivity contribution >= 4 is 5.69 Å². The SMILES string of the molecule is NC1CCC(N2CCN(c3ccccc3OCC(F)F)CC2)CC1. The molecule has 1 aliphatic carbocycles. The van der Waals surface area contributed by atoms with Crippen molar-refractivity contribution in [2.45, 2.75) is 44.2 Å². The highest BCUT2D eigenvalue weighted by molar-refractivity contribution is 5.58. The van der Waals surface area contributed by atoms with Gasteiger partial charge >= 0.3 is 0 Å². The smallest absolute Gasteiger partial charge is 0.272 e. The lowest BCUT2D eigenvalue weighted by Gasteiger charge is -2.42. The normalized spacial score (nSPS) is 25.9. The van der Waals surface area contributed by atoms with Gasteiger partial charge in [0.05, 0.1) is 5.69 Å². The molecule has 0 spiro atoms. The molecule has 24 heavy (non-hydrogen) atoms. The van der Waals surface area contributed by atoms with Crippen LogP contribution in [-0.2, 0) is 0 Å². The summed E-state index contributed by atoms with van der Waals surface area (Å²) in [4.78, 5) is 4.80. The Morgan fingerprint density at radius 3 is 2.38 bits per heavy atom. The van der Waals surface area contributed by atoms with Crippen molar-refractivity contribution in [3.63, 3.8) is 0 Å². The number of rotatable bonds is 5. The topological polar surface area (TPSA) is 41.7 Å². The maximum atomic E-state index is 12.4. The third-order valence-corrected chi connectivity index (χ3v) is 5.14. The van der Waals surface area contributed by atoms with E-state index in [1.54, 1.807) is 6.07 Å². The molecule has 0 aromatic heterocycles. The second kappa shape index (κ2) is 8.12. The van der Waals surface area contributed by atoms with Crippen LogP contribution in [0.3, 0.4) is 0 Å². The highest BCUT2D eigenvalue weighted by Crippen LogP contribution is 2.30. The number of halogens is 2. The van der Waals surface area contributed by atoms with E-state index in [-0.39, 0.29) is 0 Å². The Labute approximate surface area is 142 Å². The molecule has 1 aromatic rings. The van der Waals surface area contributed by atoms with Crippen molar-refractivity contribution in [1.29, 1.82) is 0 Å². The van der Waals surface area contributed by atoms with E-state index in [1.807, 2.05) is 18.2 Å². The van der Waals surface area contributed by atoms with E-state index in [0.29, 0.717) is 17.8 Å². The predicted octanol–water partition coefficient (Wildman–Crippen LogP) is 2.72. The number of nitrogens with zero attached hydrogens (tertiary/aromatic N) is 2. The van der Waals surface area contributed by atoms with Gasteiger partial charge in [-0.05, 0) is 37.8 Å². The molecule has 1 aromatic carbocycles. The zero-order valence-corrected chi connectivity index (χ0v) is 14.0. The fourth-order valence-electron chi connectivity index (χ4n) is 3.79. The average molecular weight is 339 g/mol. The van der Waals surface area contributed by atoms with Gasteiger partial charge in [0, 0.05) is 38.3 Å². The molecule has 4 nitrogen and oxygen atoms in total. The molecular formula is C18H27F2N3O. The molecule has 1 saturated heterocycles. The Morgan fingerprint density at radius 1 is 1.04 bits per heavy atom. The van der Waals surface area contributed by atoms with Gasteiger partial charge in [-0.15, -0.1) is 0 Å². The summed E-state index contributed by atoms with van der Waals surface area (Å²) >= 11 is 0. The van der Waals surface area contributed by atoms with Crippen LogP contribution in [0.4, 0.5) is 14.5 Å². The standard InChI is InChI=1S/C18H27F2N3O/c19-18(20)13-24-17-4-2-1-3-16(17)23-11-9-22(10-12-23)15-7-5-14(21)6-8-15/h1-4,14-15,18H,5-13,21H2. The van der Waals surface area contributed by atoms with Crippen LogP contribution < -0.4 is 15.4 Å². The van der Waals surface area contributed by atoms with Gasteiger partial charge in [0.1, 0.15) is 12.4 Å². The Morgan fingerprint density at radius 2 is 1.71 bits per heavy atom. The van der Waals surface area contributed by atoms with E-state index in [2.05, 4.69) is 9.80 Å². The maximum Gasteiger partial charge on any atom is 0.272 e. The molecule has 2 fully saturated rings. The van der Waals surface area contributed by atoms with Crippen LogP contribution in [0.25, 0.3) is 0 Å². The van der Waals surface area contributed by atoms with Gasteiger partial charge in [-0.2, -0.15) is 0 Å². The fourth-order valence-corrected chi connectivity index (χ4v) is 3.79. The molecule has 0 amide bonds. The molecular weight excluding hydrogens is 312 g/mol. The molecule has 134 valence electrons. The van der Waals surface area contributed by atoms with Crippen molar-refractivity contribution in [2.24, 2.45) is 5.73 Å². The summed E-state index contributed by atoms with van der Waals surface area (Å²) in [5.41, 5.74) is 6.92. The van der Waals surface area contributed by atoms with Gasteiger partial charge in [0.15, 0.2) is 0 Å². The quantitative estimate of drug-likeness (QED) is 0.896. The summed E-state index contributed by atoms with van der Waals surface area (Å²) in [7, 11) is 0. The monoisotopic (exact) mass is 339 g/mol. The number of ether oxygens (including phenoxy) is 1. The first-order valence-electron chi connectivity index (χ1n) is 8.88. The minimum atomic E-state index is -2.45. The third-order valence-electron chi connectivity index (χ3n) is 5.14. The number of anilines is 1. The first-order valence-corrected chi connectivity index (χ1v) is 8.88. The lowest BCUT2D eigenvalue weighted by Crippen LogP contribution is -2.51. The minimum absolute atomic E-state index is 0.376. The van der Waals surface area contributed by atoms with Crippen molar-refractivity contribution in [3.05, 3.63) is 24.3 Å². The second-order valence-electron chi connectivity index (χ2n) is 6.76.